The average molecular weight is 240 g/mol. The number of benzene rings is 1. The van der Waals surface area contributed by atoms with Crippen LogP contribution >= 0.6 is 27.4 Å². The van der Waals surface area contributed by atoms with Crippen molar-refractivity contribution in [3.8, 4) is 0 Å². The Kier molecular flexibility index (Phi) is 3.42. The van der Waals surface area contributed by atoms with Crippen molar-refractivity contribution >= 4 is 44.9 Å². The molecule has 0 unspecified atom stereocenters. The number of hydrogen-bond acceptors (Lipinski definition) is 1. The van der Waals surface area contributed by atoms with Crippen LogP contribution in [-0.4, -0.2) is 7.05 Å². The highest BCUT2D eigenvalue weighted by Crippen LogP contribution is 2.60. The van der Waals surface area contributed by atoms with Crippen LogP contribution in [0.4, 0.5) is 5.69 Å². The zero-order chi connectivity index (χ0) is 9.19. The zero-order valence-electron chi connectivity index (χ0n) is 6.45. The summed E-state index contributed by atoms with van der Waals surface area (Å²) in [5.41, 5.74) is 0.950. The molecule has 0 saturated carbocycles. The highest BCUT2D eigenvalue weighted by Gasteiger charge is 2.15. The van der Waals surface area contributed by atoms with Crippen molar-refractivity contribution in [3.05, 3.63) is 30.3 Å². The monoisotopic (exact) mass is 239 g/mol. The second-order valence-electron chi connectivity index (χ2n) is 2.29. The van der Waals surface area contributed by atoms with E-state index >= 15 is 0 Å². The summed E-state index contributed by atoms with van der Waals surface area (Å²) < 4.78 is 1.73. The predicted molar refractivity (Wildman–Crippen MR) is 60.8 cm³/mol. The van der Waals surface area contributed by atoms with Crippen molar-refractivity contribution in [1.82, 2.24) is 0 Å². The van der Waals surface area contributed by atoms with Gasteiger partial charge in [-0.25, -0.2) is 0 Å². The van der Waals surface area contributed by atoms with Crippen molar-refractivity contribution in [2.45, 2.75) is 0 Å². The SMILES string of the molecule is CN(c1ccccc1)P(=S)(Cl)Cl. The molecule has 1 aromatic rings. The summed E-state index contributed by atoms with van der Waals surface area (Å²) in [7, 11) is 1.80. The molecule has 5 heteroatoms. The zero-order valence-corrected chi connectivity index (χ0v) is 9.67. The summed E-state index contributed by atoms with van der Waals surface area (Å²) in [6, 6.07) is 9.62. The average Bonchev–Trinajstić information content (AvgIpc) is 2.03. The molecule has 0 atom stereocenters. The molecule has 66 valence electrons. The molecule has 1 aromatic carbocycles. The Hall–Kier alpha value is 0.250. The van der Waals surface area contributed by atoms with E-state index in [1.54, 1.807) is 11.7 Å². The van der Waals surface area contributed by atoms with E-state index in [0.717, 1.165) is 5.69 Å². The van der Waals surface area contributed by atoms with Gasteiger partial charge in [0.15, 0.2) is 0 Å². The normalized spacial score (nSPS) is 11.2. The number of hydrogen-bond donors (Lipinski definition) is 0. The summed E-state index contributed by atoms with van der Waals surface area (Å²) >= 11 is 16.6. The predicted octanol–water partition coefficient (Wildman–Crippen LogP) is 3.82. The molecular formula is C7H8Cl2NPS. The maximum atomic E-state index is 5.84. The highest BCUT2D eigenvalue weighted by atomic mass is 35.9. The third-order valence-corrected chi connectivity index (χ3v) is 4.50. The molecule has 0 aliphatic carbocycles. The van der Waals surface area contributed by atoms with Crippen molar-refractivity contribution in [1.29, 1.82) is 0 Å². The molecule has 0 fully saturated rings. The lowest BCUT2D eigenvalue weighted by molar-refractivity contribution is 1.36. The van der Waals surface area contributed by atoms with Crippen LogP contribution in [0.1, 0.15) is 0 Å². The Morgan fingerprint density at radius 3 is 2.17 bits per heavy atom. The van der Waals surface area contributed by atoms with Gasteiger partial charge in [0, 0.05) is 12.7 Å². The Labute approximate surface area is 86.9 Å². The first-order valence-corrected chi connectivity index (χ1v) is 7.87. The molecule has 0 saturated heterocycles. The standard InChI is InChI=1S/C7H8Cl2NPS/c1-10(11(8,9)12)7-5-3-2-4-6-7/h2-6H,1H3. The van der Waals surface area contributed by atoms with Gasteiger partial charge in [0.2, 0.25) is 4.89 Å². The summed E-state index contributed by atoms with van der Waals surface area (Å²) in [6.07, 6.45) is 0. The largest absolute Gasteiger partial charge is 0.324 e. The number of halogens is 2. The summed E-state index contributed by atoms with van der Waals surface area (Å²) in [4.78, 5) is -2.37. The first-order valence-electron chi connectivity index (χ1n) is 3.30. The fourth-order valence-electron chi connectivity index (χ4n) is 0.778. The van der Waals surface area contributed by atoms with Crippen LogP contribution in [0.2, 0.25) is 0 Å². The second-order valence-corrected chi connectivity index (χ2v) is 10.0. The first-order chi connectivity index (χ1) is 5.52. The molecule has 12 heavy (non-hydrogen) atoms. The van der Waals surface area contributed by atoms with E-state index in [4.69, 9.17) is 34.3 Å². The molecule has 0 heterocycles. The lowest BCUT2D eigenvalue weighted by atomic mass is 10.3. The van der Waals surface area contributed by atoms with Crippen LogP contribution in [0, 0.1) is 0 Å². The van der Waals surface area contributed by atoms with Crippen molar-refractivity contribution < 1.29 is 0 Å². The van der Waals surface area contributed by atoms with Crippen molar-refractivity contribution in [2.24, 2.45) is 0 Å². The van der Waals surface area contributed by atoms with Crippen LogP contribution in [0.25, 0.3) is 0 Å². The first kappa shape index (κ1) is 10.3. The van der Waals surface area contributed by atoms with Gasteiger partial charge in [0.1, 0.15) is 0 Å². The van der Waals surface area contributed by atoms with Crippen molar-refractivity contribution in [2.75, 3.05) is 11.7 Å². The number of nitrogens with zero attached hydrogens (tertiary/aromatic N) is 1. The third kappa shape index (κ3) is 2.63. The minimum atomic E-state index is -2.37. The molecule has 0 radical (unpaired) electrons. The van der Waals surface area contributed by atoms with Crippen LogP contribution in [0.3, 0.4) is 0 Å². The van der Waals surface area contributed by atoms with Crippen LogP contribution in [-0.2, 0) is 11.8 Å². The van der Waals surface area contributed by atoms with E-state index in [1.165, 1.54) is 0 Å². The molecule has 0 spiro atoms. The molecule has 0 bridgehead atoms. The topological polar surface area (TPSA) is 3.24 Å². The van der Waals surface area contributed by atoms with Gasteiger partial charge in [-0.1, -0.05) is 18.2 Å². The smallest absolute Gasteiger partial charge is 0.207 e. The summed E-state index contributed by atoms with van der Waals surface area (Å²) in [5, 5.41) is 0. The molecule has 0 aromatic heterocycles. The second kappa shape index (κ2) is 3.97. The van der Waals surface area contributed by atoms with Crippen LogP contribution in [0.15, 0.2) is 30.3 Å². The lowest BCUT2D eigenvalue weighted by Gasteiger charge is -2.22. The molecule has 0 N–H and O–H groups in total. The van der Waals surface area contributed by atoms with Gasteiger partial charge in [-0.3, -0.25) is 0 Å². The fourth-order valence-corrected chi connectivity index (χ4v) is 1.99. The molecule has 0 aliphatic rings. The lowest BCUT2D eigenvalue weighted by Crippen LogP contribution is -2.06. The van der Waals surface area contributed by atoms with Gasteiger partial charge in [0.05, 0.1) is 0 Å². The maximum absolute atomic E-state index is 5.84. The van der Waals surface area contributed by atoms with E-state index < -0.39 is 4.89 Å². The molecule has 0 aliphatic heterocycles. The Morgan fingerprint density at radius 2 is 1.75 bits per heavy atom. The Balaban J connectivity index is 2.94. The minimum absolute atomic E-state index is 0.950. The number of rotatable bonds is 2. The van der Waals surface area contributed by atoms with E-state index in [9.17, 15) is 0 Å². The Morgan fingerprint density at radius 1 is 1.25 bits per heavy atom. The van der Waals surface area contributed by atoms with Gasteiger partial charge in [0.25, 0.3) is 0 Å². The van der Waals surface area contributed by atoms with Gasteiger partial charge in [-0.05, 0) is 46.4 Å². The quantitative estimate of drug-likeness (QED) is 0.723. The minimum Gasteiger partial charge on any atom is -0.324 e. The molecule has 0 amide bonds. The summed E-state index contributed by atoms with van der Waals surface area (Å²) in [6.45, 7) is 0. The molecular weight excluding hydrogens is 232 g/mol. The molecule has 1 rings (SSSR count). The van der Waals surface area contributed by atoms with Gasteiger partial charge >= 0.3 is 0 Å². The summed E-state index contributed by atoms with van der Waals surface area (Å²) in [5.74, 6) is 0. The van der Waals surface area contributed by atoms with Crippen LogP contribution < -0.4 is 4.67 Å². The van der Waals surface area contributed by atoms with Crippen LogP contribution in [0.5, 0.6) is 0 Å². The van der Waals surface area contributed by atoms with E-state index in [-0.39, 0.29) is 0 Å². The fraction of sp³-hybridized carbons (Fsp3) is 0.143. The van der Waals surface area contributed by atoms with Gasteiger partial charge in [-0.15, -0.1) is 0 Å². The number of anilines is 1. The number of para-hydroxylation sites is 1. The van der Waals surface area contributed by atoms with Gasteiger partial charge < -0.3 is 4.67 Å². The molecule has 1 nitrogen and oxygen atoms in total. The highest BCUT2D eigenvalue weighted by molar-refractivity contribution is 8.39. The third-order valence-electron chi connectivity index (χ3n) is 1.48. The van der Waals surface area contributed by atoms with Crippen molar-refractivity contribution in [3.63, 3.8) is 0 Å². The van der Waals surface area contributed by atoms with E-state index in [0.29, 0.717) is 0 Å². The Bertz CT molecular complexity index is 298. The van der Waals surface area contributed by atoms with Gasteiger partial charge in [-0.2, -0.15) is 0 Å². The van der Waals surface area contributed by atoms with E-state index in [1.807, 2.05) is 30.3 Å². The maximum Gasteiger partial charge on any atom is 0.207 e. The van der Waals surface area contributed by atoms with E-state index in [2.05, 4.69) is 0 Å².